The molecule has 1 N–H and O–H groups in total. The fraction of sp³-hybridized carbons (Fsp3) is 0.667. The Labute approximate surface area is 134 Å². The van der Waals surface area contributed by atoms with Crippen molar-refractivity contribution >= 4 is 29.4 Å². The number of aromatic nitrogens is 2. The maximum atomic E-state index is 12.2. The smallest absolute Gasteiger partial charge is 0.270 e. The second-order valence-electron chi connectivity index (χ2n) is 5.56. The van der Waals surface area contributed by atoms with Crippen molar-refractivity contribution in [2.45, 2.75) is 36.9 Å². The summed E-state index contributed by atoms with van der Waals surface area (Å²) >= 11 is 3.93. The van der Waals surface area contributed by atoms with Crippen molar-refractivity contribution in [3.8, 4) is 0 Å². The first kappa shape index (κ1) is 15.2. The standard InChI is InChI=1S/C15H21N3OS2/c19-15(17-9-12-10-20-7-8-21-12)13-5-6-16-14(18-13)11-3-1-2-4-11/h5-6,11-12H,1-4,7-10H2,(H,17,19). The Bertz CT molecular complexity index is 486. The van der Waals surface area contributed by atoms with Crippen molar-refractivity contribution in [3.05, 3.63) is 23.8 Å². The summed E-state index contributed by atoms with van der Waals surface area (Å²) in [5, 5.41) is 3.55. The molecule has 2 heterocycles. The van der Waals surface area contributed by atoms with Crippen LogP contribution in [-0.4, -0.2) is 44.9 Å². The number of carbonyl (C=O) groups is 1. The first-order chi connectivity index (χ1) is 10.3. The van der Waals surface area contributed by atoms with Crippen molar-refractivity contribution in [1.82, 2.24) is 15.3 Å². The minimum atomic E-state index is -0.0622. The van der Waals surface area contributed by atoms with Gasteiger partial charge in [-0.15, -0.1) is 0 Å². The fourth-order valence-electron chi connectivity index (χ4n) is 2.83. The first-order valence-electron chi connectivity index (χ1n) is 7.63. The lowest BCUT2D eigenvalue weighted by Gasteiger charge is -2.21. The van der Waals surface area contributed by atoms with Crippen LogP contribution in [0.15, 0.2) is 12.3 Å². The summed E-state index contributed by atoms with van der Waals surface area (Å²) in [6.45, 7) is 0.735. The van der Waals surface area contributed by atoms with Crippen LogP contribution in [0.1, 0.15) is 47.9 Å². The number of nitrogens with zero attached hydrogens (tertiary/aromatic N) is 2. The monoisotopic (exact) mass is 323 g/mol. The Morgan fingerprint density at radius 1 is 1.33 bits per heavy atom. The molecular formula is C15H21N3OS2. The summed E-state index contributed by atoms with van der Waals surface area (Å²) in [6, 6.07) is 1.72. The topological polar surface area (TPSA) is 54.9 Å². The molecule has 0 bridgehead atoms. The van der Waals surface area contributed by atoms with E-state index in [2.05, 4.69) is 15.3 Å². The van der Waals surface area contributed by atoms with Gasteiger partial charge < -0.3 is 5.32 Å². The normalized spacial score (nSPS) is 23.1. The molecule has 1 aromatic heterocycles. The highest BCUT2D eigenvalue weighted by molar-refractivity contribution is 8.06. The van der Waals surface area contributed by atoms with Gasteiger partial charge in [0.1, 0.15) is 11.5 Å². The minimum Gasteiger partial charge on any atom is -0.350 e. The zero-order chi connectivity index (χ0) is 14.5. The van der Waals surface area contributed by atoms with Crippen molar-refractivity contribution in [3.63, 3.8) is 0 Å². The fourth-order valence-corrected chi connectivity index (χ4v) is 5.44. The molecule has 1 unspecified atom stereocenters. The summed E-state index contributed by atoms with van der Waals surface area (Å²) in [6.07, 6.45) is 6.53. The molecule has 1 aromatic rings. The maximum Gasteiger partial charge on any atom is 0.270 e. The molecule has 1 amide bonds. The average Bonchev–Trinajstić information content (AvgIpc) is 3.08. The van der Waals surface area contributed by atoms with Gasteiger partial charge >= 0.3 is 0 Å². The number of thioether (sulfide) groups is 2. The molecule has 2 fully saturated rings. The average molecular weight is 323 g/mol. The van der Waals surface area contributed by atoms with Crippen LogP contribution in [0.2, 0.25) is 0 Å². The van der Waals surface area contributed by atoms with E-state index in [1.165, 1.54) is 24.3 Å². The van der Waals surface area contributed by atoms with Crippen molar-refractivity contribution in [2.75, 3.05) is 23.8 Å². The lowest BCUT2D eigenvalue weighted by Crippen LogP contribution is -2.34. The van der Waals surface area contributed by atoms with E-state index in [1.807, 2.05) is 23.5 Å². The number of rotatable bonds is 4. The lowest BCUT2D eigenvalue weighted by molar-refractivity contribution is 0.0948. The quantitative estimate of drug-likeness (QED) is 0.923. The molecule has 1 saturated carbocycles. The van der Waals surface area contributed by atoms with Crippen molar-refractivity contribution in [1.29, 1.82) is 0 Å². The molecule has 0 spiro atoms. The summed E-state index contributed by atoms with van der Waals surface area (Å²) in [7, 11) is 0. The Morgan fingerprint density at radius 3 is 2.95 bits per heavy atom. The molecule has 3 rings (SSSR count). The number of carbonyl (C=O) groups excluding carboxylic acids is 1. The van der Waals surface area contributed by atoms with Crippen molar-refractivity contribution in [2.24, 2.45) is 0 Å². The van der Waals surface area contributed by atoms with Gasteiger partial charge in [-0.1, -0.05) is 12.8 Å². The van der Waals surface area contributed by atoms with Crippen LogP contribution in [0.4, 0.5) is 0 Å². The maximum absolute atomic E-state index is 12.2. The van der Waals surface area contributed by atoms with E-state index in [-0.39, 0.29) is 5.91 Å². The Balaban J connectivity index is 1.57. The largest absolute Gasteiger partial charge is 0.350 e. The van der Waals surface area contributed by atoms with E-state index < -0.39 is 0 Å². The lowest BCUT2D eigenvalue weighted by atomic mass is 10.1. The molecule has 6 heteroatoms. The van der Waals surface area contributed by atoms with E-state index in [0.29, 0.717) is 16.9 Å². The zero-order valence-corrected chi connectivity index (χ0v) is 13.7. The van der Waals surface area contributed by atoms with Gasteiger partial charge in [-0.25, -0.2) is 9.97 Å². The van der Waals surface area contributed by atoms with Gasteiger partial charge in [0.15, 0.2) is 0 Å². The molecule has 0 radical (unpaired) electrons. The Kier molecular flexibility index (Phi) is 5.41. The summed E-state index contributed by atoms with van der Waals surface area (Å²) in [5.41, 5.74) is 0.514. The number of hydrogen-bond acceptors (Lipinski definition) is 5. The van der Waals surface area contributed by atoms with Gasteiger partial charge in [-0.05, 0) is 18.9 Å². The van der Waals surface area contributed by atoms with Crippen LogP contribution in [0.25, 0.3) is 0 Å². The van der Waals surface area contributed by atoms with Crippen LogP contribution in [-0.2, 0) is 0 Å². The molecule has 114 valence electrons. The van der Waals surface area contributed by atoms with E-state index in [1.54, 1.807) is 12.3 Å². The summed E-state index contributed by atoms with van der Waals surface area (Å²) in [5.74, 6) is 4.77. The highest BCUT2D eigenvalue weighted by atomic mass is 32.2. The molecule has 1 aliphatic heterocycles. The molecule has 1 aliphatic carbocycles. The van der Waals surface area contributed by atoms with Crippen molar-refractivity contribution < 1.29 is 4.79 Å². The second-order valence-corrected chi connectivity index (χ2v) is 8.12. The third kappa shape index (κ3) is 4.13. The van der Waals surface area contributed by atoms with E-state index in [9.17, 15) is 4.79 Å². The van der Waals surface area contributed by atoms with Gasteiger partial charge in [0.2, 0.25) is 0 Å². The molecule has 21 heavy (non-hydrogen) atoms. The van der Waals surface area contributed by atoms with Gasteiger partial charge in [0.25, 0.3) is 5.91 Å². The third-order valence-corrected chi connectivity index (χ3v) is 6.85. The highest BCUT2D eigenvalue weighted by Crippen LogP contribution is 2.31. The van der Waals surface area contributed by atoms with E-state index >= 15 is 0 Å². The molecule has 4 nitrogen and oxygen atoms in total. The SMILES string of the molecule is O=C(NCC1CSCCS1)c1ccnc(C2CCCC2)n1. The van der Waals surface area contributed by atoms with Crippen LogP contribution in [0, 0.1) is 0 Å². The predicted octanol–water partition coefficient (Wildman–Crippen LogP) is 2.71. The summed E-state index contributed by atoms with van der Waals surface area (Å²) < 4.78 is 0. The van der Waals surface area contributed by atoms with Crippen LogP contribution in [0.5, 0.6) is 0 Å². The number of amides is 1. The second kappa shape index (κ2) is 7.49. The molecule has 1 saturated heterocycles. The minimum absolute atomic E-state index is 0.0622. The van der Waals surface area contributed by atoms with Crippen LogP contribution >= 0.6 is 23.5 Å². The van der Waals surface area contributed by atoms with Crippen LogP contribution in [0.3, 0.4) is 0 Å². The van der Waals surface area contributed by atoms with Gasteiger partial charge in [-0.2, -0.15) is 23.5 Å². The number of hydrogen-bond donors (Lipinski definition) is 1. The van der Waals surface area contributed by atoms with Gasteiger partial charge in [0.05, 0.1) is 0 Å². The van der Waals surface area contributed by atoms with E-state index in [0.717, 1.165) is 31.0 Å². The zero-order valence-electron chi connectivity index (χ0n) is 12.1. The van der Waals surface area contributed by atoms with Gasteiger partial charge in [-0.3, -0.25) is 4.79 Å². The Morgan fingerprint density at radius 2 is 2.19 bits per heavy atom. The first-order valence-corrected chi connectivity index (χ1v) is 9.84. The highest BCUT2D eigenvalue weighted by Gasteiger charge is 2.21. The predicted molar refractivity (Wildman–Crippen MR) is 89.1 cm³/mol. The number of nitrogens with one attached hydrogen (secondary N) is 1. The molecule has 0 aromatic carbocycles. The molecular weight excluding hydrogens is 302 g/mol. The van der Waals surface area contributed by atoms with Gasteiger partial charge in [0, 0.05) is 41.2 Å². The molecule has 1 atom stereocenters. The third-order valence-electron chi connectivity index (χ3n) is 4.00. The molecule has 2 aliphatic rings. The van der Waals surface area contributed by atoms with Crippen LogP contribution < -0.4 is 5.32 Å². The van der Waals surface area contributed by atoms with E-state index in [4.69, 9.17) is 0 Å². The Hall–Kier alpha value is -0.750. The summed E-state index contributed by atoms with van der Waals surface area (Å²) in [4.78, 5) is 21.1.